The molecule has 0 radical (unpaired) electrons. The fourth-order valence-electron chi connectivity index (χ4n) is 5.48. The van der Waals surface area contributed by atoms with Gasteiger partial charge in [-0.15, -0.1) is 0 Å². The molecule has 0 aliphatic heterocycles. The average Bonchev–Trinajstić information content (AvgIpc) is 3.81. The molecule has 0 bridgehead atoms. The highest BCUT2D eigenvalue weighted by atomic mass is 79.9. The summed E-state index contributed by atoms with van der Waals surface area (Å²) < 4.78 is 65.5. The number of esters is 2. The van der Waals surface area contributed by atoms with Crippen molar-refractivity contribution in [2.75, 3.05) is 14.2 Å². The minimum absolute atomic E-state index is 0.0289. The second-order valence-corrected chi connectivity index (χ2v) is 16.6. The number of benzene rings is 4. The van der Waals surface area contributed by atoms with E-state index in [-0.39, 0.29) is 28.2 Å². The first kappa shape index (κ1) is 45.2. The van der Waals surface area contributed by atoms with Crippen LogP contribution in [0.1, 0.15) is 42.8 Å². The number of halogens is 1. The third-order valence-corrected chi connectivity index (χ3v) is 10.9. The Morgan fingerprint density at radius 2 is 1.02 bits per heavy atom. The third kappa shape index (κ3) is 13.3. The van der Waals surface area contributed by atoms with Crippen LogP contribution in [0.15, 0.2) is 133 Å². The van der Waals surface area contributed by atoms with E-state index in [1.165, 1.54) is 38.5 Å². The lowest BCUT2D eigenvalue weighted by Gasteiger charge is -2.06. The number of methoxy groups -OCH3 is 2. The van der Waals surface area contributed by atoms with Gasteiger partial charge in [-0.2, -0.15) is 0 Å². The van der Waals surface area contributed by atoms with Crippen LogP contribution in [0, 0.1) is 6.92 Å². The van der Waals surface area contributed by atoms with Crippen LogP contribution in [-0.4, -0.2) is 53.3 Å². The third-order valence-electron chi connectivity index (χ3n) is 8.52. The summed E-state index contributed by atoms with van der Waals surface area (Å²) in [4.78, 5) is 22.6. The second kappa shape index (κ2) is 21.3. The minimum Gasteiger partial charge on any atom is -0.469 e. The molecule has 0 spiro atoms. The van der Waals surface area contributed by atoms with Crippen molar-refractivity contribution in [1.82, 2.24) is 10.3 Å². The normalized spacial score (nSPS) is 11.1. The first-order chi connectivity index (χ1) is 27.6. The number of ether oxygens (including phenoxy) is 2. The van der Waals surface area contributed by atoms with Gasteiger partial charge in [-0.25, -0.2) is 27.1 Å². The number of nitrogens with two attached hydrogens (primary N) is 2. The molecule has 0 saturated carbocycles. The van der Waals surface area contributed by atoms with Crippen LogP contribution in [0.5, 0.6) is 0 Å². The molecule has 4 N–H and O–H groups in total. The predicted molar refractivity (Wildman–Crippen MR) is 221 cm³/mol. The van der Waals surface area contributed by atoms with Crippen molar-refractivity contribution in [1.29, 1.82) is 0 Å². The Hall–Kier alpha value is -5.46. The topological polar surface area (TPSA) is 225 Å². The van der Waals surface area contributed by atoms with E-state index in [1.807, 2.05) is 67.6 Å². The van der Waals surface area contributed by atoms with Crippen LogP contribution >= 0.6 is 15.9 Å². The van der Waals surface area contributed by atoms with E-state index in [0.717, 1.165) is 43.7 Å². The molecule has 4 aromatic carbocycles. The first-order valence-corrected chi connectivity index (χ1v) is 21.6. The lowest BCUT2D eigenvalue weighted by atomic mass is 9.97. The predicted octanol–water partition coefficient (Wildman–Crippen LogP) is 7.39. The Kier molecular flexibility index (Phi) is 16.6. The maximum Gasteiger partial charge on any atom is 0.305 e. The average molecular weight is 896 g/mol. The Labute approximate surface area is 345 Å². The molecule has 6 aromatic rings. The molecule has 0 aliphatic rings. The summed E-state index contributed by atoms with van der Waals surface area (Å²) in [6.07, 6.45) is 3.09. The molecule has 0 aliphatic carbocycles. The molecule has 6 rings (SSSR count). The van der Waals surface area contributed by atoms with E-state index >= 15 is 0 Å². The Bertz CT molecular complexity index is 2470. The van der Waals surface area contributed by atoms with Gasteiger partial charge in [0.25, 0.3) is 0 Å². The van der Waals surface area contributed by atoms with Gasteiger partial charge in [0.15, 0.2) is 0 Å². The summed E-state index contributed by atoms with van der Waals surface area (Å²) in [6.45, 7) is 1.99. The van der Waals surface area contributed by atoms with Crippen LogP contribution in [0.25, 0.3) is 33.6 Å². The lowest BCUT2D eigenvalue weighted by molar-refractivity contribution is -0.141. The SMILES string of the molecule is COC(=O)CCCc1onc(-c2ccccc2)c1-c1ccc(S(N)(=O)=O)cc1.COC(=O)CCCc1onc(-c2ccccc2)c1C.NS(=O)(=O)c1ccc(Br)cc1. The monoisotopic (exact) mass is 894 g/mol. The molecule has 0 unspecified atom stereocenters. The van der Waals surface area contributed by atoms with Crippen molar-refractivity contribution in [3.63, 3.8) is 0 Å². The van der Waals surface area contributed by atoms with E-state index < -0.39 is 20.0 Å². The van der Waals surface area contributed by atoms with Crippen molar-refractivity contribution in [2.24, 2.45) is 10.3 Å². The summed E-state index contributed by atoms with van der Waals surface area (Å²) in [6, 6.07) is 31.8. The molecule has 17 heteroatoms. The van der Waals surface area contributed by atoms with Crippen LogP contribution in [0.3, 0.4) is 0 Å². The highest BCUT2D eigenvalue weighted by Crippen LogP contribution is 2.36. The Morgan fingerprint density at radius 3 is 1.48 bits per heavy atom. The zero-order valence-electron chi connectivity index (χ0n) is 32.0. The molecular formula is C41H43BrN4O10S2. The van der Waals surface area contributed by atoms with Gasteiger partial charge < -0.3 is 18.5 Å². The van der Waals surface area contributed by atoms with Crippen molar-refractivity contribution in [3.05, 3.63) is 131 Å². The van der Waals surface area contributed by atoms with Crippen LogP contribution in [-0.2, 0) is 52.0 Å². The van der Waals surface area contributed by atoms with Crippen LogP contribution < -0.4 is 10.3 Å². The summed E-state index contributed by atoms with van der Waals surface area (Å²) in [5, 5.41) is 18.4. The van der Waals surface area contributed by atoms with Crippen molar-refractivity contribution < 1.29 is 44.9 Å². The molecule has 0 atom stereocenters. The molecule has 0 amide bonds. The second-order valence-electron chi connectivity index (χ2n) is 12.6. The Morgan fingerprint density at radius 1 is 0.603 bits per heavy atom. The van der Waals surface area contributed by atoms with Gasteiger partial charge in [0, 0.05) is 46.8 Å². The van der Waals surface area contributed by atoms with Crippen molar-refractivity contribution >= 4 is 47.9 Å². The quantitative estimate of drug-likeness (QED) is 0.108. The largest absolute Gasteiger partial charge is 0.469 e. The highest BCUT2D eigenvalue weighted by molar-refractivity contribution is 9.10. The number of rotatable bonds is 13. The van der Waals surface area contributed by atoms with Gasteiger partial charge in [0.05, 0.1) is 29.6 Å². The number of primary sulfonamides is 2. The number of carbonyl (C=O) groups excluding carboxylic acids is 2. The standard InChI is InChI=1S/C20H20N2O5S.C15H17NO3.C6H6BrNO2S/c1-26-18(23)9-5-8-17-19(14-10-12-16(13-11-14)28(21,24)25)20(22-27-17)15-6-3-2-4-7-15;1-11-13(9-6-10-14(17)18-2)19-16-15(11)12-7-4-3-5-8-12;7-5-1-3-6(4-2-5)11(8,9)10/h2-4,6-7,10-13H,5,8-9H2,1H3,(H2,21,24,25);3-5,7-8H,6,9-10H2,1-2H3;1-4H,(H2,8,9,10). The lowest BCUT2D eigenvalue weighted by Crippen LogP contribution is -2.11. The van der Waals surface area contributed by atoms with Crippen LogP contribution in [0.2, 0.25) is 0 Å². The maximum absolute atomic E-state index is 11.5. The zero-order chi connectivity index (χ0) is 42.3. The van der Waals surface area contributed by atoms with Gasteiger partial charge in [-0.3, -0.25) is 9.59 Å². The number of aryl methyl sites for hydroxylation is 2. The van der Waals surface area contributed by atoms with Crippen molar-refractivity contribution in [3.8, 4) is 33.6 Å². The first-order valence-electron chi connectivity index (χ1n) is 17.7. The van der Waals surface area contributed by atoms with Gasteiger partial charge in [0.1, 0.15) is 22.9 Å². The van der Waals surface area contributed by atoms with Crippen molar-refractivity contribution in [2.45, 2.75) is 55.2 Å². The number of aromatic nitrogens is 2. The highest BCUT2D eigenvalue weighted by Gasteiger charge is 2.20. The maximum atomic E-state index is 11.5. The van der Waals surface area contributed by atoms with E-state index in [1.54, 1.807) is 24.3 Å². The molecule has 2 aromatic heterocycles. The molecule has 0 fully saturated rings. The van der Waals surface area contributed by atoms with Gasteiger partial charge in [-0.05, 0) is 61.7 Å². The molecule has 58 heavy (non-hydrogen) atoms. The van der Waals surface area contributed by atoms with Gasteiger partial charge in [-0.1, -0.05) is 99.0 Å². The molecule has 0 saturated heterocycles. The van der Waals surface area contributed by atoms with Gasteiger partial charge >= 0.3 is 11.9 Å². The van der Waals surface area contributed by atoms with E-state index in [2.05, 4.69) is 35.7 Å². The summed E-state index contributed by atoms with van der Waals surface area (Å²) in [5.74, 6) is 0.969. The van der Waals surface area contributed by atoms with Crippen LogP contribution in [0.4, 0.5) is 0 Å². The molecule has 14 nitrogen and oxygen atoms in total. The van der Waals surface area contributed by atoms with E-state index in [4.69, 9.17) is 19.3 Å². The summed E-state index contributed by atoms with van der Waals surface area (Å²) in [5.41, 5.74) is 5.98. The molecule has 2 heterocycles. The van der Waals surface area contributed by atoms with Gasteiger partial charge in [0.2, 0.25) is 20.0 Å². The smallest absolute Gasteiger partial charge is 0.305 e. The number of nitrogens with zero attached hydrogens (tertiary/aromatic N) is 2. The number of hydrogen-bond donors (Lipinski definition) is 2. The molecule has 306 valence electrons. The number of hydrogen-bond acceptors (Lipinski definition) is 12. The summed E-state index contributed by atoms with van der Waals surface area (Å²) in [7, 11) is -4.57. The fraction of sp³-hybridized carbons (Fsp3) is 0.220. The fourth-order valence-corrected chi connectivity index (χ4v) is 6.78. The molecular weight excluding hydrogens is 853 g/mol. The minimum atomic E-state index is -3.78. The number of sulfonamides is 2. The Balaban J connectivity index is 0.000000213. The zero-order valence-corrected chi connectivity index (χ0v) is 35.2. The number of carbonyl (C=O) groups is 2. The summed E-state index contributed by atoms with van der Waals surface area (Å²) >= 11 is 3.18. The van der Waals surface area contributed by atoms with E-state index in [0.29, 0.717) is 43.6 Å². The van der Waals surface area contributed by atoms with E-state index in [9.17, 15) is 26.4 Å².